The van der Waals surface area contributed by atoms with Crippen LogP contribution in [0.25, 0.3) is 0 Å². The summed E-state index contributed by atoms with van der Waals surface area (Å²) < 4.78 is 32.4. The number of anilines is 1. The molecule has 1 aromatic heterocycles. The van der Waals surface area contributed by atoms with Gasteiger partial charge in [0, 0.05) is 30.6 Å². The normalized spacial score (nSPS) is 17.4. The van der Waals surface area contributed by atoms with Gasteiger partial charge >= 0.3 is 6.09 Å². The van der Waals surface area contributed by atoms with Crippen LogP contribution in [0.1, 0.15) is 52.8 Å². The van der Waals surface area contributed by atoms with Gasteiger partial charge in [-0.1, -0.05) is 13.8 Å². The van der Waals surface area contributed by atoms with Crippen molar-refractivity contribution in [1.29, 1.82) is 0 Å². The molecule has 1 aromatic rings. The van der Waals surface area contributed by atoms with Gasteiger partial charge in [-0.2, -0.15) is 0 Å². The Hall–Kier alpha value is -1.72. The first-order valence-electron chi connectivity index (χ1n) is 7.21. The highest BCUT2D eigenvalue weighted by molar-refractivity contribution is 5.91. The van der Waals surface area contributed by atoms with E-state index in [9.17, 15) is 13.6 Å². The third-order valence-corrected chi connectivity index (χ3v) is 3.47. The maximum absolute atomic E-state index is 13.5. The van der Waals surface area contributed by atoms with Crippen LogP contribution in [0.4, 0.5) is 19.3 Å². The number of alkyl halides is 2. The molecule has 1 amide bonds. The minimum Gasteiger partial charge on any atom is -0.443 e. The van der Waals surface area contributed by atoms with E-state index in [4.69, 9.17) is 4.74 Å². The zero-order valence-corrected chi connectivity index (χ0v) is 13.8. The molecule has 0 saturated carbocycles. The van der Waals surface area contributed by atoms with E-state index in [0.717, 1.165) is 6.92 Å². The van der Waals surface area contributed by atoms with Crippen LogP contribution in [-0.2, 0) is 16.1 Å². The van der Waals surface area contributed by atoms with Gasteiger partial charge in [-0.15, -0.1) is 0 Å². The maximum atomic E-state index is 13.5. The molecule has 0 atom stereocenters. The van der Waals surface area contributed by atoms with Crippen molar-refractivity contribution in [3.8, 4) is 0 Å². The molecule has 0 N–H and O–H groups in total. The van der Waals surface area contributed by atoms with Gasteiger partial charge in [0.25, 0.3) is 5.92 Å². The standard InChI is InChI=1S/C16H22F2N2O2/c1-14(2,3)22-13(21)20-9-15(4,5)12-11(20)7-10(8-19-12)16(6,17)18/h7-8H,9H2,1-6H3. The van der Waals surface area contributed by atoms with Crippen molar-refractivity contribution in [2.45, 2.75) is 58.5 Å². The largest absolute Gasteiger partial charge is 0.443 e. The summed E-state index contributed by atoms with van der Waals surface area (Å²) in [7, 11) is 0. The molecule has 2 rings (SSSR count). The second kappa shape index (κ2) is 4.89. The molecular weight excluding hydrogens is 290 g/mol. The fourth-order valence-electron chi connectivity index (χ4n) is 2.46. The zero-order valence-electron chi connectivity index (χ0n) is 13.8. The van der Waals surface area contributed by atoms with E-state index in [0.29, 0.717) is 17.9 Å². The van der Waals surface area contributed by atoms with Gasteiger partial charge < -0.3 is 4.74 Å². The summed E-state index contributed by atoms with van der Waals surface area (Å²) in [4.78, 5) is 17.9. The van der Waals surface area contributed by atoms with Crippen molar-refractivity contribution in [2.75, 3.05) is 11.4 Å². The number of fused-ring (bicyclic) bond motifs is 1. The summed E-state index contributed by atoms with van der Waals surface area (Å²) in [5, 5.41) is 0. The number of hydrogen-bond donors (Lipinski definition) is 0. The van der Waals surface area contributed by atoms with E-state index >= 15 is 0 Å². The first kappa shape index (κ1) is 16.6. The Bertz CT molecular complexity index is 601. The summed E-state index contributed by atoms with van der Waals surface area (Å²) in [5.74, 6) is -3.01. The molecule has 0 aliphatic carbocycles. The molecule has 0 aromatic carbocycles. The molecule has 0 saturated heterocycles. The van der Waals surface area contributed by atoms with Crippen LogP contribution in [0.3, 0.4) is 0 Å². The molecule has 1 aliphatic rings. The second-order valence-electron chi connectivity index (χ2n) is 7.43. The Kier molecular flexibility index (Phi) is 3.70. The SMILES string of the molecule is CC(C)(C)OC(=O)N1CC(C)(C)c2ncc(C(C)(F)F)cc21. The number of pyridine rings is 1. The molecule has 22 heavy (non-hydrogen) atoms. The average molecular weight is 312 g/mol. The van der Waals surface area contributed by atoms with Crippen LogP contribution in [0.5, 0.6) is 0 Å². The molecular formula is C16H22F2N2O2. The summed E-state index contributed by atoms with van der Waals surface area (Å²) in [6, 6.07) is 1.33. The molecule has 6 heteroatoms. The Morgan fingerprint density at radius 1 is 1.32 bits per heavy atom. The maximum Gasteiger partial charge on any atom is 0.414 e. The highest BCUT2D eigenvalue weighted by Crippen LogP contribution is 2.42. The molecule has 0 bridgehead atoms. The predicted molar refractivity (Wildman–Crippen MR) is 80.4 cm³/mol. The van der Waals surface area contributed by atoms with Crippen LogP contribution in [0.15, 0.2) is 12.3 Å². The fourth-order valence-corrected chi connectivity index (χ4v) is 2.46. The molecule has 0 fully saturated rings. The molecule has 0 spiro atoms. The smallest absolute Gasteiger partial charge is 0.414 e. The van der Waals surface area contributed by atoms with E-state index < -0.39 is 23.0 Å². The van der Waals surface area contributed by atoms with Crippen LogP contribution < -0.4 is 4.90 Å². The molecule has 0 radical (unpaired) electrons. The number of halogens is 2. The van der Waals surface area contributed by atoms with Gasteiger partial charge in [0.1, 0.15) is 5.60 Å². The molecule has 1 aliphatic heterocycles. The molecule has 0 unspecified atom stereocenters. The van der Waals surface area contributed by atoms with Gasteiger partial charge in [-0.25, -0.2) is 13.6 Å². The number of carbonyl (C=O) groups excluding carboxylic acids is 1. The van der Waals surface area contributed by atoms with Crippen LogP contribution in [0, 0.1) is 0 Å². The number of nitrogens with zero attached hydrogens (tertiary/aromatic N) is 2. The number of carbonyl (C=O) groups is 1. The van der Waals surface area contributed by atoms with Gasteiger partial charge in [-0.3, -0.25) is 9.88 Å². The Labute approximate surface area is 129 Å². The monoisotopic (exact) mass is 312 g/mol. The van der Waals surface area contributed by atoms with Crippen LogP contribution >= 0.6 is 0 Å². The van der Waals surface area contributed by atoms with Crippen molar-refractivity contribution in [3.05, 3.63) is 23.5 Å². The Morgan fingerprint density at radius 2 is 1.91 bits per heavy atom. The van der Waals surface area contributed by atoms with Gasteiger partial charge in [0.05, 0.1) is 11.4 Å². The fraction of sp³-hybridized carbons (Fsp3) is 0.625. The van der Waals surface area contributed by atoms with Crippen molar-refractivity contribution < 1.29 is 18.3 Å². The number of rotatable bonds is 1. The lowest BCUT2D eigenvalue weighted by molar-refractivity contribution is 0.0170. The van der Waals surface area contributed by atoms with Crippen molar-refractivity contribution in [2.24, 2.45) is 0 Å². The number of hydrogen-bond acceptors (Lipinski definition) is 3. The summed E-state index contributed by atoms with van der Waals surface area (Å²) in [6.45, 7) is 10.3. The van der Waals surface area contributed by atoms with Crippen LogP contribution in [0.2, 0.25) is 0 Å². The first-order valence-corrected chi connectivity index (χ1v) is 7.21. The molecule has 2 heterocycles. The van der Waals surface area contributed by atoms with Gasteiger partial charge in [0.15, 0.2) is 0 Å². The highest BCUT2D eigenvalue weighted by Gasteiger charge is 2.42. The highest BCUT2D eigenvalue weighted by atomic mass is 19.3. The third-order valence-electron chi connectivity index (χ3n) is 3.47. The van der Waals surface area contributed by atoms with Crippen LogP contribution in [-0.4, -0.2) is 23.2 Å². The molecule has 4 nitrogen and oxygen atoms in total. The Morgan fingerprint density at radius 3 is 2.41 bits per heavy atom. The lowest BCUT2D eigenvalue weighted by Gasteiger charge is -2.25. The topological polar surface area (TPSA) is 42.4 Å². The Balaban J connectivity index is 2.45. The molecule has 122 valence electrons. The van der Waals surface area contributed by atoms with E-state index in [2.05, 4.69) is 4.98 Å². The minimum atomic E-state index is -3.01. The van der Waals surface area contributed by atoms with Gasteiger partial charge in [0.2, 0.25) is 0 Å². The number of amides is 1. The zero-order chi connectivity index (χ0) is 16.9. The quantitative estimate of drug-likeness (QED) is 0.779. The summed E-state index contributed by atoms with van der Waals surface area (Å²) >= 11 is 0. The van der Waals surface area contributed by atoms with Crippen molar-refractivity contribution in [3.63, 3.8) is 0 Å². The number of ether oxygens (including phenoxy) is 1. The average Bonchev–Trinajstić information content (AvgIpc) is 2.58. The van der Waals surface area contributed by atoms with Gasteiger partial charge in [-0.05, 0) is 26.8 Å². The van der Waals surface area contributed by atoms with Crippen molar-refractivity contribution >= 4 is 11.8 Å². The predicted octanol–water partition coefficient (Wildman–Crippen LogP) is 4.23. The lowest BCUT2D eigenvalue weighted by atomic mass is 9.91. The summed E-state index contributed by atoms with van der Waals surface area (Å²) in [5.41, 5.74) is -0.237. The minimum absolute atomic E-state index is 0.211. The van der Waals surface area contributed by atoms with E-state index in [-0.39, 0.29) is 5.56 Å². The van der Waals surface area contributed by atoms with E-state index in [1.54, 1.807) is 20.8 Å². The van der Waals surface area contributed by atoms with Crippen molar-refractivity contribution in [1.82, 2.24) is 4.98 Å². The first-order chi connectivity index (χ1) is 9.81. The second-order valence-corrected chi connectivity index (χ2v) is 7.43. The van der Waals surface area contributed by atoms with E-state index in [1.807, 2.05) is 13.8 Å². The number of aromatic nitrogens is 1. The van der Waals surface area contributed by atoms with E-state index in [1.165, 1.54) is 17.2 Å². The third kappa shape index (κ3) is 3.20. The lowest BCUT2D eigenvalue weighted by Crippen LogP contribution is -2.38. The summed E-state index contributed by atoms with van der Waals surface area (Å²) in [6.07, 6.45) is 0.636.